The Bertz CT molecular complexity index is 799. The Morgan fingerprint density at radius 3 is 2.57 bits per heavy atom. The highest BCUT2D eigenvalue weighted by molar-refractivity contribution is 5.79. The third-order valence-electron chi connectivity index (χ3n) is 4.05. The van der Waals surface area contributed by atoms with E-state index in [1.165, 1.54) is 12.1 Å². The fraction of sp³-hybridized carbons (Fsp3) is 0.409. The SMILES string of the molecule is CCNC(=NCc1ccc(OCCO)c(OC)c1)NCC(C)Oc1ccc(F)cc1. The molecule has 30 heavy (non-hydrogen) atoms. The number of methoxy groups -OCH3 is 1. The third-order valence-corrected chi connectivity index (χ3v) is 4.05. The van der Waals surface area contributed by atoms with Crippen molar-refractivity contribution in [3.8, 4) is 17.2 Å². The fourth-order valence-electron chi connectivity index (χ4n) is 2.62. The molecule has 0 bridgehead atoms. The Kier molecular flexibility index (Phi) is 9.73. The number of aliphatic imine (C=N–C) groups is 1. The first-order valence-corrected chi connectivity index (χ1v) is 9.90. The van der Waals surface area contributed by atoms with Gasteiger partial charge in [-0.3, -0.25) is 0 Å². The molecule has 2 rings (SSSR count). The molecule has 1 unspecified atom stereocenters. The zero-order valence-electron chi connectivity index (χ0n) is 17.7. The Morgan fingerprint density at radius 1 is 1.13 bits per heavy atom. The van der Waals surface area contributed by atoms with E-state index in [4.69, 9.17) is 19.3 Å². The van der Waals surface area contributed by atoms with Crippen LogP contribution < -0.4 is 24.8 Å². The normalized spacial score (nSPS) is 12.2. The van der Waals surface area contributed by atoms with Crippen LogP contribution >= 0.6 is 0 Å². The lowest BCUT2D eigenvalue weighted by molar-refractivity contribution is 0.196. The van der Waals surface area contributed by atoms with Crippen LogP contribution in [0.4, 0.5) is 4.39 Å². The summed E-state index contributed by atoms with van der Waals surface area (Å²) in [6, 6.07) is 11.5. The van der Waals surface area contributed by atoms with Crippen molar-refractivity contribution >= 4 is 5.96 Å². The molecular weight excluding hydrogens is 389 g/mol. The lowest BCUT2D eigenvalue weighted by atomic mass is 10.2. The van der Waals surface area contributed by atoms with Gasteiger partial charge in [0.15, 0.2) is 17.5 Å². The lowest BCUT2D eigenvalue weighted by Gasteiger charge is -2.18. The smallest absolute Gasteiger partial charge is 0.191 e. The average Bonchev–Trinajstić information content (AvgIpc) is 2.76. The molecule has 0 heterocycles. The molecule has 0 saturated heterocycles. The second-order valence-corrected chi connectivity index (χ2v) is 6.52. The first-order chi connectivity index (χ1) is 14.5. The van der Waals surface area contributed by atoms with Crippen LogP contribution in [0.1, 0.15) is 19.4 Å². The lowest BCUT2D eigenvalue weighted by Crippen LogP contribution is -2.41. The van der Waals surface area contributed by atoms with Gasteiger partial charge in [0.2, 0.25) is 0 Å². The number of aliphatic hydroxyl groups is 1. The number of hydrogen-bond acceptors (Lipinski definition) is 5. The molecule has 0 aromatic heterocycles. The summed E-state index contributed by atoms with van der Waals surface area (Å²) in [5.74, 6) is 2.15. The molecule has 0 amide bonds. The molecule has 0 radical (unpaired) electrons. The first-order valence-electron chi connectivity index (χ1n) is 9.90. The zero-order chi connectivity index (χ0) is 21.8. The standard InChI is InChI=1S/C22H30FN3O4/c1-4-24-22(25-14-16(2)30-19-8-6-18(23)7-9-19)26-15-17-5-10-20(29-12-11-27)21(13-17)28-3/h5-10,13,16,27H,4,11-12,14-15H2,1-3H3,(H2,24,25,26). The van der Waals surface area contributed by atoms with E-state index in [2.05, 4.69) is 15.6 Å². The minimum absolute atomic E-state index is 0.0593. The molecule has 0 aliphatic heterocycles. The van der Waals surface area contributed by atoms with Crippen LogP contribution in [0.2, 0.25) is 0 Å². The first kappa shape index (κ1) is 23.3. The number of halogens is 1. The number of guanidine groups is 1. The van der Waals surface area contributed by atoms with Crippen molar-refractivity contribution in [3.05, 3.63) is 53.8 Å². The van der Waals surface area contributed by atoms with Crippen molar-refractivity contribution in [3.63, 3.8) is 0 Å². The summed E-state index contributed by atoms with van der Waals surface area (Å²) >= 11 is 0. The maximum Gasteiger partial charge on any atom is 0.191 e. The van der Waals surface area contributed by atoms with E-state index < -0.39 is 0 Å². The van der Waals surface area contributed by atoms with E-state index in [1.807, 2.05) is 26.0 Å². The highest BCUT2D eigenvalue weighted by Crippen LogP contribution is 2.28. The highest BCUT2D eigenvalue weighted by atomic mass is 19.1. The number of ether oxygens (including phenoxy) is 3. The monoisotopic (exact) mass is 419 g/mol. The van der Waals surface area contributed by atoms with Gasteiger partial charge in [-0.05, 0) is 55.8 Å². The van der Waals surface area contributed by atoms with E-state index in [0.29, 0.717) is 36.3 Å². The van der Waals surface area contributed by atoms with Crippen LogP contribution in [0.15, 0.2) is 47.5 Å². The van der Waals surface area contributed by atoms with Gasteiger partial charge >= 0.3 is 0 Å². The second kappa shape index (κ2) is 12.5. The molecule has 0 saturated carbocycles. The van der Waals surface area contributed by atoms with Crippen molar-refractivity contribution in [1.82, 2.24) is 10.6 Å². The summed E-state index contributed by atoms with van der Waals surface area (Å²) in [4.78, 5) is 4.59. The predicted octanol–water partition coefficient (Wildman–Crippen LogP) is 2.73. The van der Waals surface area contributed by atoms with Crippen molar-refractivity contribution in [1.29, 1.82) is 0 Å². The van der Waals surface area contributed by atoms with E-state index in [-0.39, 0.29) is 25.1 Å². The molecule has 7 nitrogen and oxygen atoms in total. The summed E-state index contributed by atoms with van der Waals surface area (Å²) in [5.41, 5.74) is 0.955. The van der Waals surface area contributed by atoms with Crippen LogP contribution in [0.25, 0.3) is 0 Å². The number of hydrogen-bond donors (Lipinski definition) is 3. The molecule has 8 heteroatoms. The van der Waals surface area contributed by atoms with Crippen LogP contribution in [-0.4, -0.2) is 50.6 Å². The van der Waals surface area contributed by atoms with Gasteiger partial charge in [0, 0.05) is 6.54 Å². The van der Waals surface area contributed by atoms with E-state index in [0.717, 1.165) is 12.1 Å². The molecule has 3 N–H and O–H groups in total. The molecular formula is C22H30FN3O4. The number of nitrogens with one attached hydrogen (secondary N) is 2. The van der Waals surface area contributed by atoms with Gasteiger partial charge in [0.1, 0.15) is 24.3 Å². The minimum Gasteiger partial charge on any atom is -0.493 e. The summed E-state index contributed by atoms with van der Waals surface area (Å²) in [6.07, 6.45) is -0.137. The molecule has 164 valence electrons. The summed E-state index contributed by atoms with van der Waals surface area (Å²) in [6.45, 7) is 5.76. The molecule has 2 aromatic rings. The number of aliphatic hydroxyl groups excluding tert-OH is 1. The minimum atomic E-state index is -0.292. The van der Waals surface area contributed by atoms with Gasteiger partial charge in [0.25, 0.3) is 0 Å². The predicted molar refractivity (Wildman–Crippen MR) is 115 cm³/mol. The van der Waals surface area contributed by atoms with E-state index >= 15 is 0 Å². The van der Waals surface area contributed by atoms with E-state index in [1.54, 1.807) is 25.3 Å². The Morgan fingerprint density at radius 2 is 1.90 bits per heavy atom. The van der Waals surface area contributed by atoms with Gasteiger partial charge < -0.3 is 30.0 Å². The molecule has 2 aromatic carbocycles. The maximum atomic E-state index is 13.0. The number of nitrogens with zero attached hydrogens (tertiary/aromatic N) is 1. The van der Waals surface area contributed by atoms with Gasteiger partial charge in [-0.1, -0.05) is 6.07 Å². The zero-order valence-corrected chi connectivity index (χ0v) is 17.7. The molecule has 0 fully saturated rings. The van der Waals surface area contributed by atoms with Gasteiger partial charge in [-0.25, -0.2) is 9.38 Å². The quantitative estimate of drug-likeness (QED) is 0.384. The van der Waals surface area contributed by atoms with Crippen LogP contribution in [0, 0.1) is 5.82 Å². The van der Waals surface area contributed by atoms with Crippen molar-refractivity contribution < 1.29 is 23.7 Å². The summed E-state index contributed by atoms with van der Waals surface area (Å²) in [7, 11) is 1.57. The fourth-order valence-corrected chi connectivity index (χ4v) is 2.62. The van der Waals surface area contributed by atoms with Crippen LogP contribution in [0.5, 0.6) is 17.2 Å². The largest absolute Gasteiger partial charge is 0.493 e. The van der Waals surface area contributed by atoms with Gasteiger partial charge in [-0.15, -0.1) is 0 Å². The maximum absolute atomic E-state index is 13.0. The second-order valence-electron chi connectivity index (χ2n) is 6.52. The van der Waals surface area contributed by atoms with Crippen LogP contribution in [0.3, 0.4) is 0 Å². The summed E-state index contributed by atoms with van der Waals surface area (Å²) in [5, 5.41) is 15.3. The van der Waals surface area contributed by atoms with E-state index in [9.17, 15) is 4.39 Å². The van der Waals surface area contributed by atoms with Gasteiger partial charge in [-0.2, -0.15) is 0 Å². The third kappa shape index (κ3) is 7.79. The Hall–Kier alpha value is -3.00. The van der Waals surface area contributed by atoms with Crippen molar-refractivity contribution in [2.45, 2.75) is 26.5 Å². The molecule has 1 atom stereocenters. The summed E-state index contributed by atoms with van der Waals surface area (Å²) < 4.78 is 29.6. The molecule has 0 spiro atoms. The Labute approximate surface area is 176 Å². The topological polar surface area (TPSA) is 84.3 Å². The number of benzene rings is 2. The highest BCUT2D eigenvalue weighted by Gasteiger charge is 2.08. The van der Waals surface area contributed by atoms with Gasteiger partial charge in [0.05, 0.1) is 26.8 Å². The average molecular weight is 419 g/mol. The number of rotatable bonds is 11. The van der Waals surface area contributed by atoms with Crippen molar-refractivity contribution in [2.75, 3.05) is 33.4 Å². The molecule has 0 aliphatic carbocycles. The molecule has 0 aliphatic rings. The van der Waals surface area contributed by atoms with Crippen molar-refractivity contribution in [2.24, 2.45) is 4.99 Å². The van der Waals surface area contributed by atoms with Crippen LogP contribution in [-0.2, 0) is 6.54 Å². The Balaban J connectivity index is 1.93.